The number of ether oxygens (including phenoxy) is 1. The zero-order valence-corrected chi connectivity index (χ0v) is 12.0. The molecule has 1 heterocycles. The van der Waals surface area contributed by atoms with Crippen LogP contribution in [0.4, 0.5) is 0 Å². The summed E-state index contributed by atoms with van der Waals surface area (Å²) in [4.78, 5) is 13.1. The molecule has 1 saturated carbocycles. The second kappa shape index (κ2) is 7.25. The lowest BCUT2D eigenvalue weighted by molar-refractivity contribution is -0.138. The molecule has 0 aromatic carbocycles. The van der Waals surface area contributed by atoms with Crippen LogP contribution in [0.15, 0.2) is 0 Å². The molecule has 2 unspecified atom stereocenters. The van der Waals surface area contributed by atoms with Crippen molar-refractivity contribution in [3.8, 4) is 0 Å². The number of carboxylic acids is 1. The number of piperidine rings is 1. The summed E-state index contributed by atoms with van der Waals surface area (Å²) in [6.45, 7) is 4.92. The van der Waals surface area contributed by atoms with E-state index in [4.69, 9.17) is 9.84 Å². The highest BCUT2D eigenvalue weighted by Crippen LogP contribution is 2.33. The number of aliphatic carboxylic acids is 1. The highest BCUT2D eigenvalue weighted by Gasteiger charge is 2.33. The quantitative estimate of drug-likeness (QED) is 0.805. The first-order chi connectivity index (χ1) is 9.20. The molecule has 0 aromatic rings. The average Bonchev–Trinajstić information content (AvgIpc) is 2.87. The number of nitrogens with zero attached hydrogens (tertiary/aromatic N) is 1. The Balaban J connectivity index is 1.68. The summed E-state index contributed by atoms with van der Waals surface area (Å²) in [5, 5.41) is 8.60. The van der Waals surface area contributed by atoms with Crippen LogP contribution < -0.4 is 0 Å². The molecule has 2 fully saturated rings. The normalized spacial score (nSPS) is 29.7. The molecule has 0 spiro atoms. The first kappa shape index (κ1) is 14.8. The van der Waals surface area contributed by atoms with Crippen molar-refractivity contribution in [2.24, 2.45) is 5.92 Å². The van der Waals surface area contributed by atoms with Gasteiger partial charge in [0.25, 0.3) is 0 Å². The summed E-state index contributed by atoms with van der Waals surface area (Å²) in [5.74, 6) is 0.124. The first-order valence-corrected chi connectivity index (χ1v) is 7.78. The zero-order valence-electron chi connectivity index (χ0n) is 12.0. The monoisotopic (exact) mass is 269 g/mol. The van der Waals surface area contributed by atoms with E-state index in [9.17, 15) is 4.79 Å². The van der Waals surface area contributed by atoms with Crippen LogP contribution in [0.2, 0.25) is 0 Å². The summed E-state index contributed by atoms with van der Waals surface area (Å²) in [5.41, 5.74) is 0. The molecule has 1 aliphatic carbocycles. The van der Waals surface area contributed by atoms with Gasteiger partial charge in [-0.1, -0.05) is 19.8 Å². The SMILES string of the molecule is CCC1CCCC1N1CCC(OCCC(=O)O)CC1. The third kappa shape index (κ3) is 4.18. The fraction of sp³-hybridized carbons (Fsp3) is 0.933. The minimum Gasteiger partial charge on any atom is -0.481 e. The maximum Gasteiger partial charge on any atom is 0.305 e. The minimum atomic E-state index is -0.769. The molecule has 19 heavy (non-hydrogen) atoms. The lowest BCUT2D eigenvalue weighted by Gasteiger charge is -2.38. The van der Waals surface area contributed by atoms with Gasteiger partial charge >= 0.3 is 5.97 Å². The van der Waals surface area contributed by atoms with Crippen LogP contribution in [-0.2, 0) is 9.53 Å². The van der Waals surface area contributed by atoms with Crippen LogP contribution in [0.25, 0.3) is 0 Å². The largest absolute Gasteiger partial charge is 0.481 e. The maximum atomic E-state index is 10.4. The van der Waals surface area contributed by atoms with Crippen LogP contribution >= 0.6 is 0 Å². The average molecular weight is 269 g/mol. The van der Waals surface area contributed by atoms with E-state index in [0.29, 0.717) is 6.61 Å². The second-order valence-corrected chi connectivity index (χ2v) is 5.92. The Morgan fingerprint density at radius 3 is 2.63 bits per heavy atom. The van der Waals surface area contributed by atoms with Crippen LogP contribution in [0, 0.1) is 5.92 Å². The molecule has 0 amide bonds. The number of carboxylic acid groups (broad SMARTS) is 1. The molecule has 0 aromatic heterocycles. The Kier molecular flexibility index (Phi) is 5.64. The van der Waals surface area contributed by atoms with Gasteiger partial charge in [-0.15, -0.1) is 0 Å². The van der Waals surface area contributed by atoms with Crippen molar-refractivity contribution < 1.29 is 14.6 Å². The first-order valence-electron chi connectivity index (χ1n) is 7.78. The van der Waals surface area contributed by atoms with Crippen molar-refractivity contribution in [1.82, 2.24) is 4.90 Å². The zero-order chi connectivity index (χ0) is 13.7. The van der Waals surface area contributed by atoms with E-state index in [1.54, 1.807) is 0 Å². The van der Waals surface area contributed by atoms with Crippen LogP contribution in [0.5, 0.6) is 0 Å². The third-order valence-corrected chi connectivity index (χ3v) is 4.76. The molecule has 1 saturated heterocycles. The molecule has 4 heteroatoms. The van der Waals surface area contributed by atoms with Gasteiger partial charge in [-0.2, -0.15) is 0 Å². The molecule has 2 aliphatic rings. The summed E-state index contributed by atoms with van der Waals surface area (Å²) < 4.78 is 5.65. The van der Waals surface area contributed by atoms with Gasteiger partial charge < -0.3 is 9.84 Å². The number of hydrogen-bond donors (Lipinski definition) is 1. The van der Waals surface area contributed by atoms with Gasteiger partial charge in [0, 0.05) is 19.1 Å². The van der Waals surface area contributed by atoms with Gasteiger partial charge in [-0.05, 0) is 31.6 Å². The van der Waals surface area contributed by atoms with Gasteiger partial charge in [0.2, 0.25) is 0 Å². The lowest BCUT2D eigenvalue weighted by Crippen LogP contribution is -2.44. The number of likely N-dealkylation sites (tertiary alicyclic amines) is 1. The van der Waals surface area contributed by atoms with Gasteiger partial charge in [-0.25, -0.2) is 0 Å². The molecule has 4 nitrogen and oxygen atoms in total. The van der Waals surface area contributed by atoms with Gasteiger partial charge in [-0.3, -0.25) is 9.69 Å². The molecule has 0 radical (unpaired) electrons. The standard InChI is InChI=1S/C15H27NO3/c1-2-12-4-3-5-14(12)16-9-6-13(7-10-16)19-11-8-15(17)18/h12-14H,2-11H2,1H3,(H,17,18). The van der Waals surface area contributed by atoms with Crippen molar-refractivity contribution in [3.05, 3.63) is 0 Å². The highest BCUT2D eigenvalue weighted by atomic mass is 16.5. The van der Waals surface area contributed by atoms with Crippen molar-refractivity contribution in [1.29, 1.82) is 0 Å². The molecule has 110 valence electrons. The predicted molar refractivity (Wildman–Crippen MR) is 74.2 cm³/mol. The van der Waals surface area contributed by atoms with Crippen molar-refractivity contribution in [2.75, 3.05) is 19.7 Å². The Morgan fingerprint density at radius 1 is 1.26 bits per heavy atom. The lowest BCUT2D eigenvalue weighted by atomic mass is 9.96. The molecule has 1 aliphatic heterocycles. The number of carbonyl (C=O) groups is 1. The fourth-order valence-corrected chi connectivity index (χ4v) is 3.66. The molecule has 0 bridgehead atoms. The van der Waals surface area contributed by atoms with E-state index in [1.807, 2.05) is 0 Å². The highest BCUT2D eigenvalue weighted by molar-refractivity contribution is 5.66. The van der Waals surface area contributed by atoms with Crippen molar-refractivity contribution in [2.45, 2.75) is 64.0 Å². The third-order valence-electron chi connectivity index (χ3n) is 4.76. The van der Waals surface area contributed by atoms with Gasteiger partial charge in [0.05, 0.1) is 19.1 Å². The Hall–Kier alpha value is -0.610. The van der Waals surface area contributed by atoms with Crippen LogP contribution in [0.3, 0.4) is 0 Å². The minimum absolute atomic E-state index is 0.126. The summed E-state index contributed by atoms with van der Waals surface area (Å²) in [6, 6.07) is 0.796. The Bertz CT molecular complexity index is 287. The van der Waals surface area contributed by atoms with Crippen molar-refractivity contribution in [3.63, 3.8) is 0 Å². The van der Waals surface area contributed by atoms with Crippen LogP contribution in [-0.4, -0.2) is 47.8 Å². The molecule has 2 rings (SSSR count). The van der Waals surface area contributed by atoms with Crippen LogP contribution in [0.1, 0.15) is 51.9 Å². The molecular weight excluding hydrogens is 242 g/mol. The van der Waals surface area contributed by atoms with E-state index in [2.05, 4.69) is 11.8 Å². The van der Waals surface area contributed by atoms with E-state index in [-0.39, 0.29) is 12.5 Å². The Morgan fingerprint density at radius 2 is 2.00 bits per heavy atom. The van der Waals surface area contributed by atoms with E-state index in [0.717, 1.165) is 37.9 Å². The summed E-state index contributed by atoms with van der Waals surface area (Å²) >= 11 is 0. The predicted octanol–water partition coefficient (Wildman–Crippen LogP) is 2.52. The smallest absolute Gasteiger partial charge is 0.305 e. The van der Waals surface area contributed by atoms with Gasteiger partial charge in [0.15, 0.2) is 0 Å². The maximum absolute atomic E-state index is 10.4. The molecule has 1 N–H and O–H groups in total. The fourth-order valence-electron chi connectivity index (χ4n) is 3.66. The molecule has 2 atom stereocenters. The number of rotatable bonds is 6. The number of hydrogen-bond acceptors (Lipinski definition) is 3. The topological polar surface area (TPSA) is 49.8 Å². The van der Waals surface area contributed by atoms with E-state index in [1.165, 1.54) is 25.7 Å². The van der Waals surface area contributed by atoms with Crippen molar-refractivity contribution >= 4 is 5.97 Å². The summed E-state index contributed by atoms with van der Waals surface area (Å²) in [6.07, 6.45) is 7.98. The Labute approximate surface area is 116 Å². The second-order valence-electron chi connectivity index (χ2n) is 5.92. The van der Waals surface area contributed by atoms with E-state index >= 15 is 0 Å². The van der Waals surface area contributed by atoms with Gasteiger partial charge in [0.1, 0.15) is 0 Å². The van der Waals surface area contributed by atoms with E-state index < -0.39 is 5.97 Å². The summed E-state index contributed by atoms with van der Waals surface area (Å²) in [7, 11) is 0. The molecular formula is C15H27NO3.